The van der Waals surface area contributed by atoms with E-state index < -0.39 is 11.8 Å². The van der Waals surface area contributed by atoms with Gasteiger partial charge in [-0.15, -0.1) is 0 Å². The van der Waals surface area contributed by atoms with E-state index in [9.17, 15) is 9.59 Å². The minimum Gasteiger partial charge on any atom is -0.468 e. The summed E-state index contributed by atoms with van der Waals surface area (Å²) in [5, 5.41) is 9.46. The molecule has 2 aromatic heterocycles. The van der Waals surface area contributed by atoms with Crippen molar-refractivity contribution in [3.63, 3.8) is 0 Å². The largest absolute Gasteiger partial charge is 0.468 e. The van der Waals surface area contributed by atoms with Crippen LogP contribution in [0.3, 0.4) is 0 Å². The Kier molecular flexibility index (Phi) is 5.40. The summed E-state index contributed by atoms with van der Waals surface area (Å²) in [4.78, 5) is 26.1. The van der Waals surface area contributed by atoms with Crippen LogP contribution in [0, 0.1) is 13.8 Å². The molecule has 2 rings (SSSR count). The summed E-state index contributed by atoms with van der Waals surface area (Å²) in [6, 6.07) is 3.46. The van der Waals surface area contributed by atoms with Gasteiger partial charge in [-0.2, -0.15) is 5.10 Å². The van der Waals surface area contributed by atoms with Gasteiger partial charge in [0.1, 0.15) is 5.76 Å². The van der Waals surface area contributed by atoms with Crippen molar-refractivity contribution in [2.45, 2.75) is 19.9 Å². The van der Waals surface area contributed by atoms with Crippen molar-refractivity contribution in [1.82, 2.24) is 20.0 Å². The van der Waals surface area contributed by atoms with Crippen LogP contribution in [0.4, 0.5) is 5.69 Å². The van der Waals surface area contributed by atoms with Gasteiger partial charge in [-0.25, -0.2) is 0 Å². The maximum atomic E-state index is 12.1. The molecule has 2 heterocycles. The molecule has 8 heteroatoms. The molecule has 2 amide bonds. The molecule has 0 unspecified atom stereocenters. The maximum absolute atomic E-state index is 12.1. The van der Waals surface area contributed by atoms with Gasteiger partial charge < -0.3 is 15.1 Å². The predicted molar refractivity (Wildman–Crippen MR) is 89.5 cm³/mol. The van der Waals surface area contributed by atoms with Crippen LogP contribution in [0.25, 0.3) is 0 Å². The van der Waals surface area contributed by atoms with Crippen LogP contribution in [0.5, 0.6) is 0 Å². The van der Waals surface area contributed by atoms with Crippen molar-refractivity contribution in [1.29, 1.82) is 0 Å². The number of hydrogen-bond acceptors (Lipinski definition) is 5. The van der Waals surface area contributed by atoms with Crippen molar-refractivity contribution >= 4 is 17.5 Å². The van der Waals surface area contributed by atoms with Gasteiger partial charge in [-0.3, -0.25) is 19.2 Å². The van der Waals surface area contributed by atoms with Crippen molar-refractivity contribution in [3.05, 3.63) is 35.5 Å². The Bertz CT molecular complexity index is 718. The van der Waals surface area contributed by atoms with Gasteiger partial charge in [0.25, 0.3) is 0 Å². The molecule has 0 aliphatic heterocycles. The predicted octanol–water partition coefficient (Wildman–Crippen LogP) is 0.988. The zero-order valence-corrected chi connectivity index (χ0v) is 14.6. The molecule has 0 aliphatic carbocycles. The highest BCUT2D eigenvalue weighted by Gasteiger charge is 2.22. The molecule has 0 saturated carbocycles. The van der Waals surface area contributed by atoms with Crippen LogP contribution >= 0.6 is 0 Å². The summed E-state index contributed by atoms with van der Waals surface area (Å²) in [7, 11) is 5.53. The second-order valence-corrected chi connectivity index (χ2v) is 5.83. The van der Waals surface area contributed by atoms with Crippen LogP contribution in [-0.4, -0.2) is 47.1 Å². The summed E-state index contributed by atoms with van der Waals surface area (Å²) in [5.74, 6) is -0.693. The lowest BCUT2D eigenvalue weighted by atomic mass is 10.2. The highest BCUT2D eigenvalue weighted by molar-refractivity contribution is 6.39. The first-order chi connectivity index (χ1) is 11.3. The quantitative estimate of drug-likeness (QED) is 0.796. The van der Waals surface area contributed by atoms with Gasteiger partial charge in [0.2, 0.25) is 0 Å². The Balaban J connectivity index is 1.97. The van der Waals surface area contributed by atoms with Gasteiger partial charge >= 0.3 is 11.8 Å². The maximum Gasteiger partial charge on any atom is 0.313 e. The Morgan fingerprint density at radius 1 is 1.33 bits per heavy atom. The highest BCUT2D eigenvalue weighted by Crippen LogP contribution is 2.19. The number of aromatic nitrogens is 2. The molecule has 0 bridgehead atoms. The third-order valence-corrected chi connectivity index (χ3v) is 3.90. The SMILES string of the molecule is Cc1nn(C)c(C)c1NC(=O)C(=O)NC[C@@H](c1ccco1)N(C)C. The molecule has 2 aromatic rings. The molecule has 0 aliphatic rings. The second kappa shape index (κ2) is 7.31. The first-order valence-corrected chi connectivity index (χ1v) is 7.60. The average Bonchev–Trinajstić information content (AvgIpc) is 3.12. The van der Waals surface area contributed by atoms with Gasteiger partial charge in [-0.1, -0.05) is 0 Å². The number of carbonyl (C=O) groups is 2. The molecule has 8 nitrogen and oxygen atoms in total. The lowest BCUT2D eigenvalue weighted by Crippen LogP contribution is -2.40. The minimum atomic E-state index is -0.717. The number of likely N-dealkylation sites (N-methyl/N-ethyl adjacent to an activating group) is 1. The van der Waals surface area contributed by atoms with E-state index >= 15 is 0 Å². The summed E-state index contributed by atoms with van der Waals surface area (Å²) < 4.78 is 7.03. The first-order valence-electron chi connectivity index (χ1n) is 7.60. The molecule has 0 radical (unpaired) electrons. The zero-order chi connectivity index (χ0) is 17.9. The molecule has 24 heavy (non-hydrogen) atoms. The first kappa shape index (κ1) is 17.7. The van der Waals surface area contributed by atoms with E-state index in [1.165, 1.54) is 0 Å². The lowest BCUT2D eigenvalue weighted by Gasteiger charge is -2.22. The molecule has 0 fully saturated rings. The molecule has 0 aromatic carbocycles. The van der Waals surface area contributed by atoms with Crippen molar-refractivity contribution in [2.75, 3.05) is 26.0 Å². The summed E-state index contributed by atoms with van der Waals surface area (Å²) in [6.45, 7) is 3.86. The normalized spacial score (nSPS) is 12.2. The van der Waals surface area contributed by atoms with E-state index in [1.807, 2.05) is 32.0 Å². The summed E-state index contributed by atoms with van der Waals surface area (Å²) in [6.07, 6.45) is 1.58. The van der Waals surface area contributed by atoms with Gasteiger partial charge in [0.05, 0.1) is 29.4 Å². The molecule has 2 N–H and O–H groups in total. The highest BCUT2D eigenvalue weighted by atomic mass is 16.3. The topological polar surface area (TPSA) is 92.4 Å². The van der Waals surface area contributed by atoms with Crippen molar-refractivity contribution in [3.8, 4) is 0 Å². The smallest absolute Gasteiger partial charge is 0.313 e. The number of aryl methyl sites for hydroxylation is 2. The summed E-state index contributed by atoms with van der Waals surface area (Å²) in [5.41, 5.74) is 2.01. The number of rotatable bonds is 5. The van der Waals surface area contributed by atoms with Crippen LogP contribution in [0.1, 0.15) is 23.2 Å². The molecule has 130 valence electrons. The third kappa shape index (κ3) is 3.83. The Labute approximate surface area is 140 Å². The molecule has 0 spiro atoms. The second-order valence-electron chi connectivity index (χ2n) is 5.83. The van der Waals surface area contributed by atoms with Gasteiger partial charge in [0, 0.05) is 13.6 Å². The van der Waals surface area contributed by atoms with E-state index in [-0.39, 0.29) is 12.6 Å². The van der Waals surface area contributed by atoms with Gasteiger partial charge in [0.15, 0.2) is 0 Å². The van der Waals surface area contributed by atoms with Crippen LogP contribution in [0.15, 0.2) is 22.8 Å². The summed E-state index contributed by atoms with van der Waals surface area (Å²) >= 11 is 0. The number of amides is 2. The van der Waals surface area contributed by atoms with E-state index in [2.05, 4.69) is 15.7 Å². The van der Waals surface area contributed by atoms with Crippen LogP contribution in [0.2, 0.25) is 0 Å². The van der Waals surface area contributed by atoms with Crippen LogP contribution < -0.4 is 10.6 Å². The molecule has 1 atom stereocenters. The molecule has 0 saturated heterocycles. The number of furan rings is 1. The van der Waals surface area contributed by atoms with E-state index in [0.29, 0.717) is 11.4 Å². The molecular formula is C16H23N5O3. The number of carbonyl (C=O) groups excluding carboxylic acids is 2. The standard InChI is InChI=1S/C16H23N5O3/c1-10-14(11(2)21(5)19-10)18-16(23)15(22)17-9-12(20(3)4)13-7-6-8-24-13/h6-8,12H,9H2,1-5H3,(H,17,22)(H,18,23)/t12-/m0/s1. The Morgan fingerprint density at radius 2 is 2.04 bits per heavy atom. The van der Waals surface area contributed by atoms with E-state index in [4.69, 9.17) is 4.42 Å². The fourth-order valence-electron chi connectivity index (χ4n) is 2.41. The molecular weight excluding hydrogens is 310 g/mol. The van der Waals surface area contributed by atoms with Crippen molar-refractivity contribution in [2.24, 2.45) is 7.05 Å². The van der Waals surface area contributed by atoms with E-state index in [1.54, 1.807) is 31.0 Å². The number of anilines is 1. The lowest BCUT2D eigenvalue weighted by molar-refractivity contribution is -0.136. The minimum absolute atomic E-state index is 0.154. The Morgan fingerprint density at radius 3 is 2.54 bits per heavy atom. The van der Waals surface area contributed by atoms with Crippen LogP contribution in [-0.2, 0) is 16.6 Å². The zero-order valence-electron chi connectivity index (χ0n) is 14.6. The fourth-order valence-corrected chi connectivity index (χ4v) is 2.41. The number of nitrogens with one attached hydrogen (secondary N) is 2. The fraction of sp³-hybridized carbons (Fsp3) is 0.438. The number of hydrogen-bond donors (Lipinski definition) is 2. The van der Waals surface area contributed by atoms with E-state index in [0.717, 1.165) is 11.5 Å². The average molecular weight is 333 g/mol. The monoisotopic (exact) mass is 333 g/mol. The van der Waals surface area contributed by atoms with Crippen molar-refractivity contribution < 1.29 is 14.0 Å². The van der Waals surface area contributed by atoms with Gasteiger partial charge in [-0.05, 0) is 40.1 Å². The number of nitrogens with zero attached hydrogens (tertiary/aromatic N) is 3. The Hall–Kier alpha value is -2.61. The third-order valence-electron chi connectivity index (χ3n) is 3.90.